The van der Waals surface area contributed by atoms with Gasteiger partial charge in [-0.15, -0.1) is 4.98 Å². The lowest BCUT2D eigenvalue weighted by atomic mass is 10.00. The van der Waals surface area contributed by atoms with E-state index in [1.54, 1.807) is 6.33 Å². The van der Waals surface area contributed by atoms with Gasteiger partial charge in [0.05, 0.1) is 28.4 Å². The van der Waals surface area contributed by atoms with Crippen molar-refractivity contribution in [1.29, 1.82) is 0 Å². The van der Waals surface area contributed by atoms with Crippen molar-refractivity contribution < 1.29 is 18.6 Å². The van der Waals surface area contributed by atoms with Gasteiger partial charge in [-0.3, -0.25) is 9.78 Å². The third-order valence-electron chi connectivity index (χ3n) is 4.11. The molecule has 0 bridgehead atoms. The van der Waals surface area contributed by atoms with Crippen LogP contribution in [0.5, 0.6) is 0 Å². The number of nitrogens with zero attached hydrogens (tertiary/aromatic N) is 1. The highest BCUT2D eigenvalue weighted by atomic mass is 19.1. The van der Waals surface area contributed by atoms with Crippen LogP contribution in [0.25, 0.3) is 11.0 Å². The van der Waals surface area contributed by atoms with Crippen molar-refractivity contribution in [3.8, 4) is 0 Å². The summed E-state index contributed by atoms with van der Waals surface area (Å²) in [5.74, 6) is -2.44. The van der Waals surface area contributed by atoms with Gasteiger partial charge in [0.15, 0.2) is 5.82 Å². The monoisotopic (exact) mass is 315 g/mol. The minimum absolute atomic E-state index is 0.189. The van der Waals surface area contributed by atoms with E-state index in [1.165, 1.54) is 6.20 Å². The zero-order chi connectivity index (χ0) is 16.1. The predicted octanol–water partition coefficient (Wildman–Crippen LogP) is 2.35. The third kappa shape index (κ3) is 2.08. The van der Waals surface area contributed by atoms with E-state index < -0.39 is 23.0 Å². The number of anilines is 1. The summed E-state index contributed by atoms with van der Waals surface area (Å²) in [4.78, 5) is 22.8. The Morgan fingerprint density at radius 3 is 2.87 bits per heavy atom. The van der Waals surface area contributed by atoms with Crippen LogP contribution in [0, 0.1) is 11.6 Å². The molecule has 116 valence electrons. The molecule has 0 unspecified atom stereocenters. The lowest BCUT2D eigenvalue weighted by molar-refractivity contribution is -0.352. The summed E-state index contributed by atoms with van der Waals surface area (Å²) >= 11 is 0. The summed E-state index contributed by atoms with van der Waals surface area (Å²) < 4.78 is 28.2. The van der Waals surface area contributed by atoms with E-state index in [2.05, 4.69) is 15.0 Å². The average Bonchev–Trinajstić information content (AvgIpc) is 3.29. The van der Waals surface area contributed by atoms with Gasteiger partial charge in [0, 0.05) is 5.92 Å². The van der Waals surface area contributed by atoms with Crippen LogP contribution >= 0.6 is 0 Å². The highest BCUT2D eigenvalue weighted by molar-refractivity contribution is 6.16. The molecule has 7 heteroatoms. The number of carbonyl (C=O) groups excluding carboxylic acids is 1. The standard InChI is InChI=1S/C16H12F2N4O/c17-9-3-4-10(19)13(18)12(9)15(23)8-5-20-16-11(8)14(7-1-2-7)21-6-22-16/h3-7H,1-2,19H2,(H,20,21,22)/p+1. The van der Waals surface area contributed by atoms with Gasteiger partial charge in [-0.2, -0.15) is 0 Å². The first kappa shape index (κ1) is 13.8. The average molecular weight is 315 g/mol. The second kappa shape index (κ2) is 4.84. The van der Waals surface area contributed by atoms with Crippen LogP contribution in [0.3, 0.4) is 0 Å². The molecule has 0 saturated heterocycles. The molecule has 0 radical (unpaired) electrons. The van der Waals surface area contributed by atoms with E-state index in [0.29, 0.717) is 11.0 Å². The van der Waals surface area contributed by atoms with Crippen molar-refractivity contribution in [3.63, 3.8) is 0 Å². The summed E-state index contributed by atoms with van der Waals surface area (Å²) in [6.45, 7) is 0. The Bertz CT molecular complexity index is 947. The minimum atomic E-state index is -1.04. The first-order valence-corrected chi connectivity index (χ1v) is 7.23. The Morgan fingerprint density at radius 1 is 1.35 bits per heavy atom. The third-order valence-corrected chi connectivity index (χ3v) is 4.11. The minimum Gasteiger partial charge on any atom is -0.396 e. The molecule has 4 N–H and O–H groups in total. The fourth-order valence-electron chi connectivity index (χ4n) is 2.79. The number of carbonyl (C=O) groups is 1. The zero-order valence-corrected chi connectivity index (χ0v) is 12.0. The molecule has 1 fully saturated rings. The van der Waals surface area contributed by atoms with Crippen LogP contribution < -0.4 is 10.7 Å². The Balaban J connectivity index is 1.93. The summed E-state index contributed by atoms with van der Waals surface area (Å²) in [6, 6.07) is 2.09. The van der Waals surface area contributed by atoms with Crippen LogP contribution in [0.2, 0.25) is 0 Å². The van der Waals surface area contributed by atoms with Crippen molar-refractivity contribution >= 4 is 22.5 Å². The number of hydrogen-bond donors (Lipinski definition) is 2. The van der Waals surface area contributed by atoms with E-state index in [9.17, 15) is 13.6 Å². The number of nitrogens with one attached hydrogen (secondary N) is 2. The molecular weight excluding hydrogens is 302 g/mol. The zero-order valence-electron chi connectivity index (χ0n) is 12.0. The number of nitrogen functional groups attached to an aromatic ring is 1. The van der Waals surface area contributed by atoms with Crippen LogP contribution in [-0.2, 0) is 0 Å². The van der Waals surface area contributed by atoms with Gasteiger partial charge < -0.3 is 5.73 Å². The van der Waals surface area contributed by atoms with Gasteiger partial charge in [-0.1, -0.05) is 0 Å². The SMILES string of the molecule is Nc1ccc(F)c(C(=O)c2c[nH]c3[nH+]cnc(C4CC4)c23)c1F. The first-order chi connectivity index (χ1) is 11.1. The summed E-state index contributed by atoms with van der Waals surface area (Å²) in [6.07, 6.45) is 4.97. The lowest BCUT2D eigenvalue weighted by Crippen LogP contribution is -2.11. The smallest absolute Gasteiger partial charge is 0.234 e. The van der Waals surface area contributed by atoms with E-state index >= 15 is 0 Å². The Hall–Kier alpha value is -2.83. The van der Waals surface area contributed by atoms with E-state index in [-0.39, 0.29) is 17.2 Å². The van der Waals surface area contributed by atoms with Crippen molar-refractivity contribution in [2.45, 2.75) is 18.8 Å². The first-order valence-electron chi connectivity index (χ1n) is 7.23. The maximum atomic E-state index is 14.2. The molecular formula is C16H13F2N4O+. The van der Waals surface area contributed by atoms with Crippen LogP contribution in [0.4, 0.5) is 14.5 Å². The topological polar surface area (TPSA) is 85.9 Å². The van der Waals surface area contributed by atoms with Gasteiger partial charge in [0.25, 0.3) is 0 Å². The summed E-state index contributed by atoms with van der Waals surface area (Å²) in [7, 11) is 0. The number of rotatable bonds is 3. The van der Waals surface area contributed by atoms with Crippen LogP contribution in [-0.4, -0.2) is 15.8 Å². The number of aromatic nitrogens is 3. The fraction of sp³-hybridized carbons (Fsp3) is 0.188. The predicted molar refractivity (Wildman–Crippen MR) is 78.8 cm³/mol. The summed E-state index contributed by atoms with van der Waals surface area (Å²) in [5, 5.41) is 0.584. The quantitative estimate of drug-likeness (QED) is 0.574. The molecule has 1 aliphatic rings. The Kier molecular flexibility index (Phi) is 2.90. The molecule has 4 rings (SSSR count). The van der Waals surface area contributed by atoms with E-state index in [0.717, 1.165) is 30.7 Å². The number of aromatic amines is 2. The molecule has 0 amide bonds. The van der Waals surface area contributed by atoms with E-state index in [4.69, 9.17) is 5.73 Å². The van der Waals surface area contributed by atoms with Gasteiger partial charge in [-0.05, 0) is 25.0 Å². The summed E-state index contributed by atoms with van der Waals surface area (Å²) in [5.41, 5.74) is 6.12. The van der Waals surface area contributed by atoms with Crippen molar-refractivity contribution in [3.05, 3.63) is 53.1 Å². The molecule has 0 spiro atoms. The highest BCUT2D eigenvalue weighted by Gasteiger charge is 2.34. The lowest BCUT2D eigenvalue weighted by Gasteiger charge is -2.05. The second-order valence-electron chi connectivity index (χ2n) is 5.67. The number of ketones is 1. The number of halogens is 2. The molecule has 1 aromatic carbocycles. The molecule has 0 aliphatic heterocycles. The van der Waals surface area contributed by atoms with Gasteiger partial charge >= 0.3 is 0 Å². The van der Waals surface area contributed by atoms with Crippen molar-refractivity contribution in [1.82, 2.24) is 9.97 Å². The molecule has 2 heterocycles. The number of fused-ring (bicyclic) bond motifs is 1. The Morgan fingerprint density at radius 2 is 2.13 bits per heavy atom. The fourth-order valence-corrected chi connectivity index (χ4v) is 2.79. The van der Waals surface area contributed by atoms with Crippen LogP contribution in [0.1, 0.15) is 40.4 Å². The molecule has 23 heavy (non-hydrogen) atoms. The molecule has 1 aliphatic carbocycles. The molecule has 0 atom stereocenters. The van der Waals surface area contributed by atoms with Crippen molar-refractivity contribution in [2.75, 3.05) is 5.73 Å². The van der Waals surface area contributed by atoms with E-state index in [1.807, 2.05) is 0 Å². The molecule has 1 saturated carbocycles. The van der Waals surface area contributed by atoms with Crippen molar-refractivity contribution in [2.24, 2.45) is 0 Å². The maximum Gasteiger partial charge on any atom is 0.234 e. The normalized spacial score (nSPS) is 14.3. The highest BCUT2D eigenvalue weighted by Crippen LogP contribution is 2.42. The molecule has 5 nitrogen and oxygen atoms in total. The number of hydrogen-bond acceptors (Lipinski definition) is 3. The number of benzene rings is 1. The largest absolute Gasteiger partial charge is 0.396 e. The molecule has 2 aromatic heterocycles. The molecule has 3 aromatic rings. The Labute approximate surface area is 129 Å². The number of H-pyrrole nitrogens is 2. The van der Waals surface area contributed by atoms with Gasteiger partial charge in [-0.25, -0.2) is 13.8 Å². The van der Waals surface area contributed by atoms with Gasteiger partial charge in [0.1, 0.15) is 11.5 Å². The number of nitrogens with two attached hydrogens (primary N) is 1. The second-order valence-corrected chi connectivity index (χ2v) is 5.67. The maximum absolute atomic E-state index is 14.2. The van der Waals surface area contributed by atoms with Gasteiger partial charge in [0.2, 0.25) is 17.8 Å². The van der Waals surface area contributed by atoms with Crippen LogP contribution in [0.15, 0.2) is 24.7 Å².